The molecule has 1 aliphatic carbocycles. The molecule has 3 heterocycles. The molecule has 2 N–H and O–H groups in total. The molecule has 33 heavy (non-hydrogen) atoms. The number of nitrogens with one attached hydrogen (secondary N) is 2. The Balaban J connectivity index is 1.36. The second-order valence-corrected chi connectivity index (χ2v) is 8.66. The normalized spacial score (nSPS) is 16.7. The van der Waals surface area contributed by atoms with Crippen LogP contribution in [0, 0.1) is 11.2 Å². The number of amides is 3. The van der Waals surface area contributed by atoms with Gasteiger partial charge in [-0.25, -0.2) is 19.2 Å². The molecule has 0 atom stereocenters. The van der Waals surface area contributed by atoms with Crippen molar-refractivity contribution in [2.75, 3.05) is 37.4 Å². The maximum Gasteiger partial charge on any atom is 0.321 e. The number of hydrogen-bond donors (Lipinski definition) is 2. The number of carbonyl (C=O) groups is 2. The van der Waals surface area contributed by atoms with Crippen LogP contribution >= 0.6 is 0 Å². The molecule has 1 aliphatic heterocycles. The zero-order valence-corrected chi connectivity index (χ0v) is 18.3. The number of fused-ring (bicyclic) bond motifs is 1. The van der Waals surface area contributed by atoms with E-state index >= 15 is 0 Å². The third-order valence-electron chi connectivity index (χ3n) is 6.21. The fourth-order valence-electron chi connectivity index (χ4n) is 4.13. The van der Waals surface area contributed by atoms with Crippen LogP contribution in [0.25, 0.3) is 17.0 Å². The van der Waals surface area contributed by atoms with Gasteiger partial charge in [-0.1, -0.05) is 0 Å². The van der Waals surface area contributed by atoms with Gasteiger partial charge in [-0.2, -0.15) is 0 Å². The molecular weight excluding hydrogens is 427 g/mol. The second kappa shape index (κ2) is 8.43. The third-order valence-corrected chi connectivity index (χ3v) is 6.21. The van der Waals surface area contributed by atoms with Gasteiger partial charge in [-0.15, -0.1) is 0 Å². The number of ether oxygens (including phenoxy) is 1. The molecule has 1 saturated heterocycles. The number of rotatable bonds is 6. The average molecular weight is 452 g/mol. The zero-order valence-electron chi connectivity index (χ0n) is 18.3. The number of aromatic nitrogens is 3. The van der Waals surface area contributed by atoms with Crippen molar-refractivity contribution in [3.05, 3.63) is 42.6 Å². The zero-order chi connectivity index (χ0) is 23.0. The quantitative estimate of drug-likeness (QED) is 0.596. The summed E-state index contributed by atoms with van der Waals surface area (Å²) in [6, 6.07) is 4.21. The summed E-state index contributed by atoms with van der Waals surface area (Å²) in [5, 5.41) is 5.71. The molecule has 2 fully saturated rings. The Bertz CT molecular complexity index is 1220. The number of imidazole rings is 1. The van der Waals surface area contributed by atoms with Gasteiger partial charge in [0.25, 0.3) is 0 Å². The molecule has 5 rings (SSSR count). The largest absolute Gasteiger partial charge is 0.384 e. The average Bonchev–Trinajstić information content (AvgIpc) is 3.21. The van der Waals surface area contributed by atoms with Crippen LogP contribution in [0.1, 0.15) is 25.7 Å². The molecule has 0 unspecified atom stereocenters. The van der Waals surface area contributed by atoms with E-state index in [2.05, 4.69) is 20.6 Å². The summed E-state index contributed by atoms with van der Waals surface area (Å²) < 4.78 is 21.4. The Kier molecular flexibility index (Phi) is 5.45. The van der Waals surface area contributed by atoms with Crippen molar-refractivity contribution in [3.8, 4) is 11.3 Å². The van der Waals surface area contributed by atoms with Crippen LogP contribution in [0.5, 0.6) is 0 Å². The summed E-state index contributed by atoms with van der Waals surface area (Å²) in [5.41, 5.74) is 1.17. The molecular formula is C23H25FN6O3. The fourth-order valence-corrected chi connectivity index (χ4v) is 4.13. The van der Waals surface area contributed by atoms with E-state index in [9.17, 15) is 14.0 Å². The van der Waals surface area contributed by atoms with Crippen molar-refractivity contribution in [1.82, 2.24) is 19.3 Å². The minimum Gasteiger partial charge on any atom is -0.384 e. The van der Waals surface area contributed by atoms with Crippen molar-refractivity contribution in [2.45, 2.75) is 25.7 Å². The van der Waals surface area contributed by atoms with Gasteiger partial charge in [-0.3, -0.25) is 9.20 Å². The SMILES string of the molecule is COCC1(C(=O)Nc2cnc3nc(-c4cc(NC(=O)N5CCCC5)ccc4F)cn3c2)CC1. The van der Waals surface area contributed by atoms with Gasteiger partial charge in [0.2, 0.25) is 11.7 Å². The Hall–Kier alpha value is -3.53. The van der Waals surface area contributed by atoms with Gasteiger partial charge in [0, 0.05) is 43.8 Å². The lowest BCUT2D eigenvalue weighted by atomic mass is 10.1. The molecule has 2 aliphatic rings. The van der Waals surface area contributed by atoms with Gasteiger partial charge >= 0.3 is 6.03 Å². The van der Waals surface area contributed by atoms with Crippen LogP contribution in [0.3, 0.4) is 0 Å². The van der Waals surface area contributed by atoms with Crippen LogP contribution in [-0.2, 0) is 9.53 Å². The molecule has 0 spiro atoms. The van der Waals surface area contributed by atoms with Crippen LogP contribution in [-0.4, -0.2) is 58.0 Å². The highest BCUT2D eigenvalue weighted by molar-refractivity contribution is 5.97. The van der Waals surface area contributed by atoms with E-state index in [0.717, 1.165) is 38.8 Å². The van der Waals surface area contributed by atoms with Crippen molar-refractivity contribution in [2.24, 2.45) is 5.41 Å². The first-order chi connectivity index (χ1) is 16.0. The molecule has 10 heteroatoms. The monoisotopic (exact) mass is 452 g/mol. The van der Waals surface area contributed by atoms with Gasteiger partial charge in [0.1, 0.15) is 5.82 Å². The van der Waals surface area contributed by atoms with E-state index in [-0.39, 0.29) is 17.5 Å². The minimum atomic E-state index is -0.465. The molecule has 172 valence electrons. The summed E-state index contributed by atoms with van der Waals surface area (Å²) in [5.74, 6) is -0.188. The molecule has 3 aromatic rings. The van der Waals surface area contributed by atoms with Gasteiger partial charge in [0.05, 0.1) is 29.6 Å². The summed E-state index contributed by atoms with van der Waals surface area (Å²) in [6.45, 7) is 1.83. The van der Waals surface area contributed by atoms with Crippen LogP contribution in [0.2, 0.25) is 0 Å². The molecule has 2 aromatic heterocycles. The number of methoxy groups -OCH3 is 1. The lowest BCUT2D eigenvalue weighted by Crippen LogP contribution is -2.32. The minimum absolute atomic E-state index is 0.0988. The highest BCUT2D eigenvalue weighted by Gasteiger charge is 2.50. The number of hydrogen-bond acceptors (Lipinski definition) is 5. The van der Waals surface area contributed by atoms with E-state index in [1.54, 1.807) is 34.9 Å². The predicted octanol–water partition coefficient (Wildman–Crippen LogP) is 3.53. The molecule has 0 bridgehead atoms. The lowest BCUT2D eigenvalue weighted by molar-refractivity contribution is -0.122. The van der Waals surface area contributed by atoms with Gasteiger partial charge in [0.15, 0.2) is 0 Å². The lowest BCUT2D eigenvalue weighted by Gasteiger charge is -2.16. The third kappa shape index (κ3) is 4.25. The molecule has 1 aromatic carbocycles. The summed E-state index contributed by atoms with van der Waals surface area (Å²) >= 11 is 0. The summed E-state index contributed by atoms with van der Waals surface area (Å²) in [4.78, 5) is 35.4. The number of halogens is 1. The summed E-state index contributed by atoms with van der Waals surface area (Å²) in [6.07, 6.45) is 8.43. The Morgan fingerprint density at radius 1 is 1.15 bits per heavy atom. The highest BCUT2D eigenvalue weighted by Crippen LogP contribution is 2.46. The first-order valence-electron chi connectivity index (χ1n) is 11.0. The van der Waals surface area contributed by atoms with Gasteiger partial charge < -0.3 is 20.3 Å². The van der Waals surface area contributed by atoms with E-state index < -0.39 is 11.2 Å². The molecule has 3 amide bonds. The standard InChI is InChI=1S/C23H25FN6O3/c1-33-14-23(6-7-23)20(31)26-16-11-25-21-28-19(13-30(21)12-16)17-10-15(4-5-18(17)24)27-22(32)29-8-2-3-9-29/h4-5,10-13H,2-3,6-9,14H2,1H3,(H,26,31)(H,27,32). The maximum atomic E-state index is 14.6. The van der Waals surface area contributed by atoms with E-state index in [1.807, 2.05) is 0 Å². The smallest absolute Gasteiger partial charge is 0.321 e. The first kappa shape index (κ1) is 21.3. The van der Waals surface area contributed by atoms with Crippen molar-refractivity contribution in [3.63, 3.8) is 0 Å². The number of urea groups is 1. The number of carbonyl (C=O) groups excluding carboxylic acids is 2. The number of benzene rings is 1. The molecule has 1 saturated carbocycles. The molecule has 9 nitrogen and oxygen atoms in total. The van der Waals surface area contributed by atoms with E-state index in [0.29, 0.717) is 29.5 Å². The van der Waals surface area contributed by atoms with Crippen molar-refractivity contribution < 1.29 is 18.7 Å². The van der Waals surface area contributed by atoms with Crippen LogP contribution in [0.15, 0.2) is 36.8 Å². The Morgan fingerprint density at radius 3 is 2.67 bits per heavy atom. The van der Waals surface area contributed by atoms with Crippen molar-refractivity contribution in [1.29, 1.82) is 0 Å². The Morgan fingerprint density at radius 2 is 1.94 bits per heavy atom. The fraction of sp³-hybridized carbons (Fsp3) is 0.391. The first-order valence-corrected chi connectivity index (χ1v) is 11.0. The Labute approximate surface area is 190 Å². The maximum absolute atomic E-state index is 14.6. The van der Waals surface area contributed by atoms with Crippen LogP contribution in [0.4, 0.5) is 20.6 Å². The number of nitrogens with zero attached hydrogens (tertiary/aromatic N) is 4. The number of anilines is 2. The van der Waals surface area contributed by atoms with Gasteiger partial charge in [-0.05, 0) is 43.9 Å². The predicted molar refractivity (Wildman–Crippen MR) is 120 cm³/mol. The second-order valence-electron chi connectivity index (χ2n) is 8.66. The van der Waals surface area contributed by atoms with E-state index in [4.69, 9.17) is 4.74 Å². The molecule has 0 radical (unpaired) electrons. The van der Waals surface area contributed by atoms with Crippen molar-refractivity contribution >= 4 is 29.1 Å². The van der Waals surface area contributed by atoms with Crippen LogP contribution < -0.4 is 10.6 Å². The number of likely N-dealkylation sites (tertiary alicyclic amines) is 1. The highest BCUT2D eigenvalue weighted by atomic mass is 19.1. The van der Waals surface area contributed by atoms with E-state index in [1.165, 1.54) is 18.3 Å². The summed E-state index contributed by atoms with van der Waals surface area (Å²) in [7, 11) is 1.58. The topological polar surface area (TPSA) is 101 Å².